The number of anilines is 1. The Morgan fingerprint density at radius 3 is 2.57 bits per heavy atom. The first-order valence-corrected chi connectivity index (χ1v) is 9.60. The maximum Gasteiger partial charge on any atom is 0.145 e. The monoisotopic (exact) mass is 331 g/mol. The SMILES string of the molecule is CC(C)CSc1nc(C#N)c2c(c1N1CCOCC1)CCCC2. The summed E-state index contributed by atoms with van der Waals surface area (Å²) >= 11 is 1.81. The molecule has 1 fully saturated rings. The molecule has 2 heterocycles. The summed E-state index contributed by atoms with van der Waals surface area (Å²) in [6.07, 6.45) is 4.46. The third-order valence-electron chi connectivity index (χ3n) is 4.44. The predicted octanol–water partition coefficient (Wildman–Crippen LogP) is 3.42. The summed E-state index contributed by atoms with van der Waals surface area (Å²) in [5.74, 6) is 1.65. The van der Waals surface area contributed by atoms with Crippen molar-refractivity contribution in [2.45, 2.75) is 44.6 Å². The predicted molar refractivity (Wildman–Crippen MR) is 94.2 cm³/mol. The molecular weight excluding hydrogens is 306 g/mol. The molecule has 0 N–H and O–H groups in total. The normalized spacial score (nSPS) is 17.9. The van der Waals surface area contributed by atoms with Gasteiger partial charge >= 0.3 is 0 Å². The van der Waals surface area contributed by atoms with Crippen LogP contribution in [0.15, 0.2) is 5.03 Å². The third kappa shape index (κ3) is 3.64. The Morgan fingerprint density at radius 1 is 1.22 bits per heavy atom. The molecule has 23 heavy (non-hydrogen) atoms. The van der Waals surface area contributed by atoms with Crippen LogP contribution in [-0.4, -0.2) is 37.0 Å². The van der Waals surface area contributed by atoms with E-state index in [0.717, 1.165) is 49.9 Å². The van der Waals surface area contributed by atoms with Gasteiger partial charge in [-0.3, -0.25) is 0 Å². The second kappa shape index (κ2) is 7.55. The van der Waals surface area contributed by atoms with Crippen LogP contribution in [0.2, 0.25) is 0 Å². The molecule has 0 bridgehead atoms. The van der Waals surface area contributed by atoms with Crippen molar-refractivity contribution >= 4 is 17.4 Å². The zero-order chi connectivity index (χ0) is 16.2. The lowest BCUT2D eigenvalue weighted by Crippen LogP contribution is -2.38. The highest BCUT2D eigenvalue weighted by atomic mass is 32.2. The minimum atomic E-state index is 0.612. The maximum absolute atomic E-state index is 9.54. The fraction of sp³-hybridized carbons (Fsp3) is 0.667. The summed E-state index contributed by atoms with van der Waals surface area (Å²) in [6.45, 7) is 7.87. The Morgan fingerprint density at radius 2 is 1.91 bits per heavy atom. The molecule has 4 nitrogen and oxygen atoms in total. The van der Waals surface area contributed by atoms with Crippen molar-refractivity contribution in [3.8, 4) is 6.07 Å². The molecule has 0 spiro atoms. The zero-order valence-corrected chi connectivity index (χ0v) is 14.9. The molecule has 0 unspecified atom stereocenters. The largest absolute Gasteiger partial charge is 0.378 e. The van der Waals surface area contributed by atoms with Crippen molar-refractivity contribution in [2.75, 3.05) is 37.0 Å². The van der Waals surface area contributed by atoms with Crippen LogP contribution in [0.3, 0.4) is 0 Å². The van der Waals surface area contributed by atoms with E-state index in [-0.39, 0.29) is 0 Å². The van der Waals surface area contributed by atoms with Gasteiger partial charge in [0, 0.05) is 18.8 Å². The van der Waals surface area contributed by atoms with Crippen LogP contribution in [-0.2, 0) is 17.6 Å². The molecule has 2 aliphatic rings. The number of aromatic nitrogens is 1. The number of pyridine rings is 1. The van der Waals surface area contributed by atoms with Gasteiger partial charge in [0.25, 0.3) is 0 Å². The van der Waals surface area contributed by atoms with Crippen molar-refractivity contribution < 1.29 is 4.74 Å². The number of fused-ring (bicyclic) bond motifs is 1. The minimum absolute atomic E-state index is 0.612. The minimum Gasteiger partial charge on any atom is -0.378 e. The standard InChI is InChI=1S/C18H25N3OS/c1-13(2)12-23-18-17(21-7-9-22-10-8-21)15-6-4-3-5-14(15)16(11-19)20-18/h13H,3-10,12H2,1-2H3. The smallest absolute Gasteiger partial charge is 0.145 e. The van der Waals surface area contributed by atoms with Crippen LogP contribution in [0, 0.1) is 17.2 Å². The van der Waals surface area contributed by atoms with Crippen molar-refractivity contribution in [3.63, 3.8) is 0 Å². The fourth-order valence-corrected chi connectivity index (χ4v) is 4.37. The highest BCUT2D eigenvalue weighted by molar-refractivity contribution is 7.99. The first-order valence-electron chi connectivity index (χ1n) is 8.62. The third-order valence-corrected chi connectivity index (χ3v) is 5.83. The van der Waals surface area contributed by atoms with Crippen molar-refractivity contribution in [1.82, 2.24) is 4.98 Å². The van der Waals surface area contributed by atoms with E-state index in [1.54, 1.807) is 11.8 Å². The van der Waals surface area contributed by atoms with Crippen molar-refractivity contribution in [1.29, 1.82) is 5.26 Å². The van der Waals surface area contributed by atoms with E-state index in [9.17, 15) is 5.26 Å². The first kappa shape index (κ1) is 16.6. The highest BCUT2D eigenvalue weighted by Gasteiger charge is 2.26. The molecule has 1 saturated heterocycles. The summed E-state index contributed by atoms with van der Waals surface area (Å²) in [6, 6.07) is 2.35. The summed E-state index contributed by atoms with van der Waals surface area (Å²) in [7, 11) is 0. The van der Waals surface area contributed by atoms with E-state index in [2.05, 4.69) is 24.8 Å². The van der Waals surface area contributed by atoms with Crippen molar-refractivity contribution in [3.05, 3.63) is 16.8 Å². The Bertz CT molecular complexity index is 603. The number of morpholine rings is 1. The van der Waals surface area contributed by atoms with E-state index in [4.69, 9.17) is 9.72 Å². The molecule has 0 radical (unpaired) electrons. The zero-order valence-electron chi connectivity index (χ0n) is 14.1. The number of hydrogen-bond acceptors (Lipinski definition) is 5. The average Bonchev–Trinajstić information content (AvgIpc) is 2.59. The molecule has 124 valence electrons. The Labute approximate surface area is 143 Å². The van der Waals surface area contributed by atoms with Gasteiger partial charge < -0.3 is 9.64 Å². The van der Waals surface area contributed by atoms with E-state index in [0.29, 0.717) is 11.6 Å². The van der Waals surface area contributed by atoms with Gasteiger partial charge in [0.05, 0.1) is 18.9 Å². The fourth-order valence-electron chi connectivity index (χ4n) is 3.33. The average molecular weight is 331 g/mol. The van der Waals surface area contributed by atoms with E-state index >= 15 is 0 Å². The van der Waals surface area contributed by atoms with Crippen LogP contribution in [0.4, 0.5) is 5.69 Å². The second-order valence-corrected chi connectivity index (χ2v) is 7.70. The van der Waals surface area contributed by atoms with Crippen LogP contribution >= 0.6 is 11.8 Å². The van der Waals surface area contributed by atoms with E-state index < -0.39 is 0 Å². The Hall–Kier alpha value is -1.25. The van der Waals surface area contributed by atoms with Crippen LogP contribution in [0.1, 0.15) is 43.5 Å². The number of ether oxygens (including phenoxy) is 1. The summed E-state index contributed by atoms with van der Waals surface area (Å²) in [5, 5.41) is 10.6. The number of rotatable bonds is 4. The van der Waals surface area contributed by atoms with Gasteiger partial charge in [0.1, 0.15) is 16.8 Å². The number of nitriles is 1. The highest BCUT2D eigenvalue weighted by Crippen LogP contribution is 2.39. The molecule has 5 heteroatoms. The number of thioether (sulfide) groups is 1. The van der Waals surface area contributed by atoms with E-state index in [1.807, 2.05) is 0 Å². The molecular formula is C18H25N3OS. The molecule has 1 aromatic rings. The van der Waals surface area contributed by atoms with Gasteiger partial charge in [-0.2, -0.15) is 5.26 Å². The lowest BCUT2D eigenvalue weighted by atomic mass is 9.89. The quantitative estimate of drug-likeness (QED) is 0.791. The topological polar surface area (TPSA) is 49.2 Å². The van der Waals surface area contributed by atoms with Crippen molar-refractivity contribution in [2.24, 2.45) is 5.92 Å². The van der Waals surface area contributed by atoms with Gasteiger partial charge in [-0.05, 0) is 42.7 Å². The molecule has 0 saturated carbocycles. The van der Waals surface area contributed by atoms with Gasteiger partial charge in [0.2, 0.25) is 0 Å². The lowest BCUT2D eigenvalue weighted by Gasteiger charge is -2.34. The van der Waals surface area contributed by atoms with Crippen LogP contribution in [0.5, 0.6) is 0 Å². The molecule has 0 aromatic carbocycles. The summed E-state index contributed by atoms with van der Waals surface area (Å²) in [4.78, 5) is 7.21. The van der Waals surface area contributed by atoms with Gasteiger partial charge in [-0.25, -0.2) is 4.98 Å². The molecule has 3 rings (SSSR count). The number of hydrogen-bond donors (Lipinski definition) is 0. The van der Waals surface area contributed by atoms with Crippen LogP contribution in [0.25, 0.3) is 0 Å². The molecule has 0 atom stereocenters. The van der Waals surface area contributed by atoms with E-state index in [1.165, 1.54) is 29.7 Å². The number of nitrogens with zero attached hydrogens (tertiary/aromatic N) is 3. The van der Waals surface area contributed by atoms with Crippen LogP contribution < -0.4 is 4.90 Å². The summed E-state index contributed by atoms with van der Waals surface area (Å²) < 4.78 is 5.53. The molecule has 1 aromatic heterocycles. The Balaban J connectivity index is 2.06. The van der Waals surface area contributed by atoms with Gasteiger partial charge in [-0.15, -0.1) is 11.8 Å². The molecule has 1 aliphatic heterocycles. The lowest BCUT2D eigenvalue weighted by molar-refractivity contribution is 0.122. The molecule has 0 amide bonds. The molecule has 1 aliphatic carbocycles. The van der Waals surface area contributed by atoms with Gasteiger partial charge in [-0.1, -0.05) is 13.8 Å². The second-order valence-electron chi connectivity index (χ2n) is 6.69. The first-order chi connectivity index (χ1) is 11.2. The Kier molecular flexibility index (Phi) is 5.45. The summed E-state index contributed by atoms with van der Waals surface area (Å²) in [5.41, 5.74) is 4.54. The maximum atomic E-state index is 9.54. The van der Waals surface area contributed by atoms with Gasteiger partial charge in [0.15, 0.2) is 0 Å².